The average Bonchev–Trinajstić information content (AvgIpc) is 3.16. The molecule has 0 saturated carbocycles. The second-order valence-corrected chi connectivity index (χ2v) is 7.04. The van der Waals surface area contributed by atoms with Gasteiger partial charge in [-0.05, 0) is 62.5 Å². The Bertz CT molecular complexity index is 721. The summed E-state index contributed by atoms with van der Waals surface area (Å²) >= 11 is 0. The first-order valence-electron chi connectivity index (χ1n) is 9.42. The van der Waals surface area contributed by atoms with Crippen LogP contribution in [0.1, 0.15) is 36.5 Å². The molecular weight excluding hydrogens is 324 g/mol. The molecule has 0 aromatic heterocycles. The van der Waals surface area contributed by atoms with Crippen LogP contribution in [-0.2, 0) is 17.9 Å². The summed E-state index contributed by atoms with van der Waals surface area (Å²) in [6.45, 7) is 7.70. The van der Waals surface area contributed by atoms with Gasteiger partial charge < -0.3 is 10.1 Å². The molecule has 138 valence electrons. The van der Waals surface area contributed by atoms with E-state index in [1.165, 1.54) is 31.5 Å². The van der Waals surface area contributed by atoms with E-state index < -0.39 is 6.10 Å². The topological polar surface area (TPSA) is 41.6 Å². The van der Waals surface area contributed by atoms with Crippen LogP contribution in [0.25, 0.3) is 0 Å². The number of hydrogen-bond acceptors (Lipinski definition) is 3. The summed E-state index contributed by atoms with van der Waals surface area (Å²) in [5.74, 6) is 0.649. The molecule has 4 nitrogen and oxygen atoms in total. The average molecular weight is 352 g/mol. The first-order chi connectivity index (χ1) is 12.6. The van der Waals surface area contributed by atoms with Gasteiger partial charge in [-0.15, -0.1) is 0 Å². The van der Waals surface area contributed by atoms with E-state index in [1.54, 1.807) is 6.92 Å². The SMILES string of the molecule is Cc1ccccc1O[C@H](C)C(=O)NCc1ccc(CN2CCCC2)cc1. The number of aryl methyl sites for hydroxylation is 1. The quantitative estimate of drug-likeness (QED) is 0.827. The molecule has 1 aliphatic heterocycles. The van der Waals surface area contributed by atoms with Crippen LogP contribution in [0, 0.1) is 6.92 Å². The fraction of sp³-hybridized carbons (Fsp3) is 0.409. The van der Waals surface area contributed by atoms with Crippen molar-refractivity contribution in [2.45, 2.75) is 45.9 Å². The molecule has 1 saturated heterocycles. The van der Waals surface area contributed by atoms with E-state index in [2.05, 4.69) is 34.5 Å². The highest BCUT2D eigenvalue weighted by molar-refractivity contribution is 5.80. The van der Waals surface area contributed by atoms with E-state index in [9.17, 15) is 4.79 Å². The van der Waals surface area contributed by atoms with Crippen LogP contribution in [0.15, 0.2) is 48.5 Å². The molecule has 1 amide bonds. The summed E-state index contributed by atoms with van der Waals surface area (Å²) < 4.78 is 5.77. The second-order valence-electron chi connectivity index (χ2n) is 7.04. The van der Waals surface area contributed by atoms with Crippen molar-refractivity contribution in [2.75, 3.05) is 13.1 Å². The third-order valence-corrected chi connectivity index (χ3v) is 4.86. The maximum atomic E-state index is 12.3. The lowest BCUT2D eigenvalue weighted by molar-refractivity contribution is -0.127. The lowest BCUT2D eigenvalue weighted by Crippen LogP contribution is -2.36. The Morgan fingerprint density at radius 1 is 1.08 bits per heavy atom. The molecule has 4 heteroatoms. The molecule has 1 fully saturated rings. The number of rotatable bonds is 7. The monoisotopic (exact) mass is 352 g/mol. The van der Waals surface area contributed by atoms with Crippen LogP contribution in [-0.4, -0.2) is 30.0 Å². The van der Waals surface area contributed by atoms with E-state index in [4.69, 9.17) is 4.74 Å². The third kappa shape index (κ3) is 5.09. The van der Waals surface area contributed by atoms with E-state index in [0.29, 0.717) is 6.54 Å². The van der Waals surface area contributed by atoms with Gasteiger partial charge in [0.05, 0.1) is 0 Å². The minimum Gasteiger partial charge on any atom is -0.481 e. The molecule has 0 aliphatic carbocycles. The number of benzene rings is 2. The summed E-state index contributed by atoms with van der Waals surface area (Å²) in [4.78, 5) is 14.8. The fourth-order valence-electron chi connectivity index (χ4n) is 3.23. The number of para-hydroxylation sites is 1. The number of carbonyl (C=O) groups excluding carboxylic acids is 1. The number of carbonyl (C=O) groups is 1. The maximum Gasteiger partial charge on any atom is 0.261 e. The number of nitrogens with zero attached hydrogens (tertiary/aromatic N) is 1. The number of nitrogens with one attached hydrogen (secondary N) is 1. The highest BCUT2D eigenvalue weighted by Gasteiger charge is 2.15. The molecule has 2 aromatic carbocycles. The van der Waals surface area contributed by atoms with Crippen LogP contribution in [0.4, 0.5) is 0 Å². The van der Waals surface area contributed by atoms with Crippen molar-refractivity contribution in [3.63, 3.8) is 0 Å². The van der Waals surface area contributed by atoms with Gasteiger partial charge in [-0.25, -0.2) is 0 Å². The van der Waals surface area contributed by atoms with E-state index in [0.717, 1.165) is 23.4 Å². The number of likely N-dealkylation sites (tertiary alicyclic amines) is 1. The Labute approximate surface area is 156 Å². The van der Waals surface area contributed by atoms with Crippen molar-refractivity contribution in [3.05, 3.63) is 65.2 Å². The molecule has 2 aromatic rings. The molecular formula is C22H28N2O2. The normalized spacial score (nSPS) is 15.6. The predicted octanol–water partition coefficient (Wildman–Crippen LogP) is 3.67. The first kappa shape index (κ1) is 18.5. The summed E-state index contributed by atoms with van der Waals surface area (Å²) in [5, 5.41) is 2.96. The predicted molar refractivity (Wildman–Crippen MR) is 104 cm³/mol. The minimum absolute atomic E-state index is 0.102. The maximum absolute atomic E-state index is 12.3. The molecule has 1 heterocycles. The van der Waals surface area contributed by atoms with Crippen molar-refractivity contribution in [1.82, 2.24) is 10.2 Å². The van der Waals surface area contributed by atoms with Crippen LogP contribution in [0.5, 0.6) is 5.75 Å². The standard InChI is InChI=1S/C22H28N2O2/c1-17-7-3-4-8-21(17)26-18(2)22(25)23-15-19-9-11-20(12-10-19)16-24-13-5-6-14-24/h3-4,7-12,18H,5-6,13-16H2,1-2H3,(H,23,25)/t18-/m1/s1. The van der Waals surface area contributed by atoms with Crippen molar-refractivity contribution in [2.24, 2.45) is 0 Å². The molecule has 26 heavy (non-hydrogen) atoms. The van der Waals surface area contributed by atoms with Gasteiger partial charge in [0.15, 0.2) is 6.10 Å². The molecule has 1 aliphatic rings. The Morgan fingerprint density at radius 2 is 1.73 bits per heavy atom. The van der Waals surface area contributed by atoms with E-state index in [1.807, 2.05) is 31.2 Å². The molecule has 0 unspecified atom stereocenters. The zero-order valence-electron chi connectivity index (χ0n) is 15.7. The number of amides is 1. The molecule has 0 bridgehead atoms. The van der Waals surface area contributed by atoms with Crippen LogP contribution < -0.4 is 10.1 Å². The summed E-state index contributed by atoms with van der Waals surface area (Å²) in [6.07, 6.45) is 2.10. The fourth-order valence-corrected chi connectivity index (χ4v) is 3.23. The van der Waals surface area contributed by atoms with Crippen molar-refractivity contribution in [1.29, 1.82) is 0 Å². The van der Waals surface area contributed by atoms with E-state index in [-0.39, 0.29) is 5.91 Å². The van der Waals surface area contributed by atoms with Crippen molar-refractivity contribution >= 4 is 5.91 Å². The van der Waals surface area contributed by atoms with Crippen LogP contribution in [0.3, 0.4) is 0 Å². The molecule has 0 radical (unpaired) electrons. The minimum atomic E-state index is -0.523. The lowest BCUT2D eigenvalue weighted by Gasteiger charge is -2.17. The Kier molecular flexibility index (Phi) is 6.29. The zero-order valence-corrected chi connectivity index (χ0v) is 15.7. The van der Waals surface area contributed by atoms with Gasteiger partial charge in [0.1, 0.15) is 5.75 Å². The summed E-state index contributed by atoms with van der Waals surface area (Å²) in [7, 11) is 0. The molecule has 0 spiro atoms. The number of ether oxygens (including phenoxy) is 1. The van der Waals surface area contributed by atoms with E-state index >= 15 is 0 Å². The van der Waals surface area contributed by atoms with Crippen LogP contribution in [0.2, 0.25) is 0 Å². The van der Waals surface area contributed by atoms with Gasteiger partial charge in [-0.2, -0.15) is 0 Å². The Hall–Kier alpha value is -2.33. The van der Waals surface area contributed by atoms with Gasteiger partial charge in [0.2, 0.25) is 0 Å². The highest BCUT2D eigenvalue weighted by Crippen LogP contribution is 2.18. The van der Waals surface area contributed by atoms with Gasteiger partial charge >= 0.3 is 0 Å². The smallest absolute Gasteiger partial charge is 0.261 e. The summed E-state index contributed by atoms with van der Waals surface area (Å²) in [5.41, 5.74) is 3.46. The third-order valence-electron chi connectivity index (χ3n) is 4.86. The van der Waals surface area contributed by atoms with Gasteiger partial charge in [-0.3, -0.25) is 9.69 Å². The molecule has 3 rings (SSSR count). The van der Waals surface area contributed by atoms with Crippen molar-refractivity contribution < 1.29 is 9.53 Å². The molecule has 1 atom stereocenters. The lowest BCUT2D eigenvalue weighted by atomic mass is 10.1. The van der Waals surface area contributed by atoms with Gasteiger partial charge in [-0.1, -0.05) is 42.5 Å². The van der Waals surface area contributed by atoms with Gasteiger partial charge in [0, 0.05) is 13.1 Å². The van der Waals surface area contributed by atoms with Crippen LogP contribution >= 0.6 is 0 Å². The summed E-state index contributed by atoms with van der Waals surface area (Å²) in [6, 6.07) is 16.2. The van der Waals surface area contributed by atoms with Gasteiger partial charge in [0.25, 0.3) is 5.91 Å². The van der Waals surface area contributed by atoms with Crippen molar-refractivity contribution in [3.8, 4) is 5.75 Å². The zero-order chi connectivity index (χ0) is 18.4. The first-order valence-corrected chi connectivity index (χ1v) is 9.42. The number of hydrogen-bond donors (Lipinski definition) is 1. The second kappa shape index (κ2) is 8.86. The largest absolute Gasteiger partial charge is 0.481 e. The Morgan fingerprint density at radius 3 is 2.42 bits per heavy atom. The molecule has 1 N–H and O–H groups in total. The Balaban J connectivity index is 1.46. The highest BCUT2D eigenvalue weighted by atomic mass is 16.5.